The summed E-state index contributed by atoms with van der Waals surface area (Å²) in [6.45, 7) is 6.30. The molecule has 0 saturated carbocycles. The lowest BCUT2D eigenvalue weighted by atomic mass is 10.2. The van der Waals surface area contributed by atoms with Crippen molar-refractivity contribution in [2.45, 2.75) is 26.6 Å². The molecule has 9 heteroatoms. The summed E-state index contributed by atoms with van der Waals surface area (Å²) in [5, 5.41) is 9.57. The fourth-order valence-corrected chi connectivity index (χ4v) is 2.91. The molecule has 0 aliphatic rings. The van der Waals surface area contributed by atoms with E-state index in [2.05, 4.69) is 57.7 Å². The summed E-state index contributed by atoms with van der Waals surface area (Å²) in [4.78, 5) is 6.30. The van der Waals surface area contributed by atoms with Crippen LogP contribution in [-0.4, -0.2) is 42.4 Å². The van der Waals surface area contributed by atoms with Crippen molar-refractivity contribution < 1.29 is 13.2 Å². The van der Waals surface area contributed by atoms with Gasteiger partial charge in [0.05, 0.1) is 0 Å². The third-order valence-electron chi connectivity index (χ3n) is 4.27. The number of aryl methyl sites for hydroxylation is 2. The third kappa shape index (κ3) is 5.90. The molecule has 1 aromatic heterocycles. The van der Waals surface area contributed by atoms with Gasteiger partial charge in [0, 0.05) is 57.7 Å². The van der Waals surface area contributed by atoms with Gasteiger partial charge in [0.15, 0.2) is 11.7 Å². The van der Waals surface area contributed by atoms with Crippen molar-refractivity contribution in [1.29, 1.82) is 0 Å². The Morgan fingerprint density at radius 2 is 2.04 bits per heavy atom. The van der Waals surface area contributed by atoms with Gasteiger partial charge < -0.3 is 15.5 Å². The highest BCUT2D eigenvalue weighted by molar-refractivity contribution is 5.79. The lowest BCUT2D eigenvalue weighted by Gasteiger charge is -2.24. The standard InChI is InChI=1S/C19H27F3N6/c1-5-28(16-8-6-7-14(2)11-16)10-9-24-18(23-3)25-12-15-13-27(4)26-17(15)19(20,21)22/h6-8,11,13H,5,9-10,12H2,1-4H3,(H2,23,24,25). The van der Waals surface area contributed by atoms with Crippen molar-refractivity contribution in [3.63, 3.8) is 0 Å². The van der Waals surface area contributed by atoms with Crippen LogP contribution in [0.1, 0.15) is 23.7 Å². The van der Waals surface area contributed by atoms with Crippen molar-refractivity contribution in [2.24, 2.45) is 12.0 Å². The van der Waals surface area contributed by atoms with Gasteiger partial charge in [-0.15, -0.1) is 0 Å². The van der Waals surface area contributed by atoms with Gasteiger partial charge in [0.1, 0.15) is 0 Å². The molecule has 6 nitrogen and oxygen atoms in total. The molecular formula is C19H27F3N6. The van der Waals surface area contributed by atoms with E-state index >= 15 is 0 Å². The summed E-state index contributed by atoms with van der Waals surface area (Å²) in [5.41, 5.74) is 1.53. The van der Waals surface area contributed by atoms with Crippen molar-refractivity contribution in [2.75, 3.05) is 31.6 Å². The number of rotatable bonds is 7. The van der Waals surface area contributed by atoms with Gasteiger partial charge in [-0.2, -0.15) is 18.3 Å². The van der Waals surface area contributed by atoms with Gasteiger partial charge in [-0.25, -0.2) is 0 Å². The zero-order chi connectivity index (χ0) is 20.7. The lowest BCUT2D eigenvalue weighted by Crippen LogP contribution is -2.41. The molecule has 0 aliphatic heterocycles. The first-order valence-corrected chi connectivity index (χ1v) is 9.10. The van der Waals surface area contributed by atoms with Crippen LogP contribution in [-0.2, 0) is 19.8 Å². The highest BCUT2D eigenvalue weighted by atomic mass is 19.4. The second kappa shape index (κ2) is 9.48. The molecule has 2 aromatic rings. The van der Waals surface area contributed by atoms with E-state index in [1.165, 1.54) is 18.8 Å². The van der Waals surface area contributed by atoms with Crippen LogP contribution in [0, 0.1) is 6.92 Å². The number of alkyl halides is 3. The molecule has 2 rings (SSSR count). The minimum absolute atomic E-state index is 0.0161. The zero-order valence-electron chi connectivity index (χ0n) is 16.6. The summed E-state index contributed by atoms with van der Waals surface area (Å²) in [6.07, 6.45) is -3.12. The molecule has 0 amide bonds. The predicted molar refractivity (Wildman–Crippen MR) is 105 cm³/mol. The molecular weight excluding hydrogens is 369 g/mol. The second-order valence-corrected chi connectivity index (χ2v) is 6.45. The first-order chi connectivity index (χ1) is 13.2. The summed E-state index contributed by atoms with van der Waals surface area (Å²) >= 11 is 0. The largest absolute Gasteiger partial charge is 0.435 e. The summed E-state index contributed by atoms with van der Waals surface area (Å²) in [7, 11) is 3.05. The maximum absolute atomic E-state index is 13.0. The maximum Gasteiger partial charge on any atom is 0.435 e. The van der Waals surface area contributed by atoms with Gasteiger partial charge in [-0.05, 0) is 31.5 Å². The topological polar surface area (TPSA) is 57.5 Å². The Balaban J connectivity index is 1.90. The average molecular weight is 396 g/mol. The highest BCUT2D eigenvalue weighted by Crippen LogP contribution is 2.30. The van der Waals surface area contributed by atoms with Crippen LogP contribution in [0.15, 0.2) is 35.5 Å². The van der Waals surface area contributed by atoms with Gasteiger partial charge >= 0.3 is 6.18 Å². The predicted octanol–water partition coefficient (Wildman–Crippen LogP) is 2.94. The Hall–Kier alpha value is -2.71. The van der Waals surface area contributed by atoms with E-state index in [-0.39, 0.29) is 12.1 Å². The van der Waals surface area contributed by atoms with Crippen molar-refractivity contribution in [1.82, 2.24) is 20.4 Å². The number of likely N-dealkylation sites (N-methyl/N-ethyl adjacent to an activating group) is 1. The monoisotopic (exact) mass is 396 g/mol. The molecule has 154 valence electrons. The van der Waals surface area contributed by atoms with Crippen LogP contribution in [0.2, 0.25) is 0 Å². The van der Waals surface area contributed by atoms with Crippen molar-refractivity contribution in [3.8, 4) is 0 Å². The Labute approximate surface area is 163 Å². The van der Waals surface area contributed by atoms with E-state index in [9.17, 15) is 13.2 Å². The Morgan fingerprint density at radius 3 is 2.64 bits per heavy atom. The zero-order valence-corrected chi connectivity index (χ0v) is 16.6. The normalized spacial score (nSPS) is 12.2. The van der Waals surface area contributed by atoms with Crippen LogP contribution in [0.25, 0.3) is 0 Å². The minimum atomic E-state index is -4.48. The number of aromatic nitrogens is 2. The molecule has 0 fully saturated rings. The smallest absolute Gasteiger partial charge is 0.370 e. The molecule has 0 radical (unpaired) electrons. The van der Waals surface area contributed by atoms with Crippen LogP contribution >= 0.6 is 0 Å². The van der Waals surface area contributed by atoms with Crippen molar-refractivity contribution >= 4 is 11.6 Å². The molecule has 0 aliphatic carbocycles. The first-order valence-electron chi connectivity index (χ1n) is 9.10. The molecule has 0 bridgehead atoms. The number of hydrogen-bond acceptors (Lipinski definition) is 3. The van der Waals surface area contributed by atoms with Crippen LogP contribution in [0.5, 0.6) is 0 Å². The SMILES string of the molecule is CCN(CCNC(=NC)NCc1cn(C)nc1C(F)(F)F)c1cccc(C)c1. The molecule has 0 saturated heterocycles. The number of aliphatic imine (C=N–C) groups is 1. The molecule has 0 unspecified atom stereocenters. The maximum atomic E-state index is 13.0. The number of hydrogen-bond donors (Lipinski definition) is 2. The van der Waals surface area contributed by atoms with E-state index in [4.69, 9.17) is 0 Å². The third-order valence-corrected chi connectivity index (χ3v) is 4.27. The summed E-state index contributed by atoms with van der Waals surface area (Å²) in [6, 6.07) is 8.25. The molecule has 2 N–H and O–H groups in total. The molecule has 1 heterocycles. The average Bonchev–Trinajstić information content (AvgIpc) is 3.02. The Kier molecular flexibility index (Phi) is 7.31. The molecule has 1 aromatic carbocycles. The van der Waals surface area contributed by atoms with E-state index in [1.807, 2.05) is 6.07 Å². The summed E-state index contributed by atoms with van der Waals surface area (Å²) < 4.78 is 40.3. The summed E-state index contributed by atoms with van der Waals surface area (Å²) in [5.74, 6) is 0.442. The quantitative estimate of drug-likeness (QED) is 0.558. The highest BCUT2D eigenvalue weighted by Gasteiger charge is 2.36. The Bertz CT molecular complexity index is 797. The second-order valence-electron chi connectivity index (χ2n) is 6.45. The Morgan fingerprint density at radius 1 is 1.29 bits per heavy atom. The van der Waals surface area contributed by atoms with E-state index in [0.717, 1.165) is 23.5 Å². The van der Waals surface area contributed by atoms with E-state index in [1.54, 1.807) is 7.05 Å². The molecule has 0 spiro atoms. The minimum Gasteiger partial charge on any atom is -0.370 e. The molecule has 0 atom stereocenters. The van der Waals surface area contributed by atoms with Gasteiger partial charge in [-0.3, -0.25) is 9.67 Å². The number of nitrogens with one attached hydrogen (secondary N) is 2. The van der Waals surface area contributed by atoms with E-state index in [0.29, 0.717) is 12.5 Å². The van der Waals surface area contributed by atoms with Gasteiger partial charge in [-0.1, -0.05) is 12.1 Å². The fraction of sp³-hybridized carbons (Fsp3) is 0.474. The van der Waals surface area contributed by atoms with E-state index < -0.39 is 11.9 Å². The number of halogens is 3. The number of benzene rings is 1. The number of nitrogens with zero attached hydrogens (tertiary/aromatic N) is 4. The van der Waals surface area contributed by atoms with Crippen molar-refractivity contribution in [3.05, 3.63) is 47.3 Å². The number of guanidine groups is 1. The number of anilines is 1. The molecule has 28 heavy (non-hydrogen) atoms. The first kappa shape index (κ1) is 21.6. The van der Waals surface area contributed by atoms with Crippen LogP contribution in [0.4, 0.5) is 18.9 Å². The van der Waals surface area contributed by atoms with Gasteiger partial charge in [0.25, 0.3) is 0 Å². The lowest BCUT2D eigenvalue weighted by molar-refractivity contribution is -0.142. The van der Waals surface area contributed by atoms with Crippen LogP contribution < -0.4 is 15.5 Å². The van der Waals surface area contributed by atoms with Crippen LogP contribution in [0.3, 0.4) is 0 Å². The fourth-order valence-electron chi connectivity index (χ4n) is 2.91. The van der Waals surface area contributed by atoms with Gasteiger partial charge in [0.2, 0.25) is 0 Å².